The van der Waals surface area contributed by atoms with Gasteiger partial charge in [-0.3, -0.25) is 0 Å². The van der Waals surface area contributed by atoms with E-state index in [4.69, 9.17) is 5.11 Å². The molecular formula is C10H18F2O3. The minimum absolute atomic E-state index is 0.0288. The Morgan fingerprint density at radius 2 is 1.87 bits per heavy atom. The van der Waals surface area contributed by atoms with Gasteiger partial charge in [0.1, 0.15) is 0 Å². The third kappa shape index (κ3) is 6.38. The van der Waals surface area contributed by atoms with Crippen LogP contribution in [0.25, 0.3) is 0 Å². The molecule has 15 heavy (non-hydrogen) atoms. The number of halogens is 2. The van der Waals surface area contributed by atoms with E-state index >= 15 is 0 Å². The van der Waals surface area contributed by atoms with Crippen molar-refractivity contribution >= 4 is 5.97 Å². The van der Waals surface area contributed by atoms with Crippen LogP contribution in [0.4, 0.5) is 8.78 Å². The van der Waals surface area contributed by atoms with Crippen molar-refractivity contribution < 1.29 is 23.4 Å². The molecule has 0 saturated carbocycles. The number of hydrogen-bond acceptors (Lipinski definition) is 3. The van der Waals surface area contributed by atoms with E-state index in [-0.39, 0.29) is 19.6 Å². The highest BCUT2D eigenvalue weighted by molar-refractivity contribution is 5.77. The molecule has 0 aliphatic rings. The summed E-state index contributed by atoms with van der Waals surface area (Å²) in [5.41, 5.74) is 0. The van der Waals surface area contributed by atoms with E-state index in [9.17, 15) is 13.6 Å². The van der Waals surface area contributed by atoms with E-state index in [0.717, 1.165) is 0 Å². The lowest BCUT2D eigenvalue weighted by molar-refractivity contribution is -0.172. The van der Waals surface area contributed by atoms with Crippen LogP contribution >= 0.6 is 0 Å². The average Bonchev–Trinajstić information content (AvgIpc) is 2.18. The molecule has 3 nitrogen and oxygen atoms in total. The van der Waals surface area contributed by atoms with Gasteiger partial charge in [0.05, 0.1) is 6.61 Å². The number of aliphatic hydroxyl groups is 1. The van der Waals surface area contributed by atoms with Crippen LogP contribution in [0.2, 0.25) is 0 Å². The molecule has 0 atom stereocenters. The number of esters is 1. The molecule has 0 heterocycles. The zero-order valence-electron chi connectivity index (χ0n) is 8.97. The number of unbranched alkanes of at least 4 members (excludes halogenated alkanes) is 3. The van der Waals surface area contributed by atoms with Crippen LogP contribution in [0.15, 0.2) is 0 Å². The van der Waals surface area contributed by atoms with Crippen LogP contribution in [0.3, 0.4) is 0 Å². The Hall–Kier alpha value is -0.710. The highest BCUT2D eigenvalue weighted by Crippen LogP contribution is 2.23. The topological polar surface area (TPSA) is 46.5 Å². The monoisotopic (exact) mass is 224 g/mol. The fraction of sp³-hybridized carbons (Fsp3) is 0.900. The molecule has 0 amide bonds. The molecule has 90 valence electrons. The Bertz CT molecular complexity index is 184. The lowest BCUT2D eigenvalue weighted by Crippen LogP contribution is -2.30. The van der Waals surface area contributed by atoms with Crippen LogP contribution in [0.1, 0.15) is 39.0 Å². The second-order valence-electron chi connectivity index (χ2n) is 3.31. The first-order valence-electron chi connectivity index (χ1n) is 5.20. The molecule has 0 unspecified atom stereocenters. The van der Waals surface area contributed by atoms with Gasteiger partial charge in [-0.2, -0.15) is 8.78 Å². The predicted octanol–water partition coefficient (Wildman–Crippen LogP) is 2.13. The SMILES string of the molecule is CCOC(=O)C(F)(F)CCCCCCO. The van der Waals surface area contributed by atoms with E-state index in [2.05, 4.69) is 4.74 Å². The maximum Gasteiger partial charge on any atom is 0.376 e. The van der Waals surface area contributed by atoms with Crippen molar-refractivity contribution in [2.45, 2.75) is 45.0 Å². The van der Waals surface area contributed by atoms with Gasteiger partial charge < -0.3 is 9.84 Å². The summed E-state index contributed by atoms with van der Waals surface area (Å²) in [6, 6.07) is 0. The van der Waals surface area contributed by atoms with E-state index in [1.165, 1.54) is 6.92 Å². The summed E-state index contributed by atoms with van der Waals surface area (Å²) in [4.78, 5) is 10.8. The largest absolute Gasteiger partial charge is 0.462 e. The predicted molar refractivity (Wildman–Crippen MR) is 51.8 cm³/mol. The Labute approximate surface area is 88.4 Å². The molecular weight excluding hydrogens is 206 g/mol. The standard InChI is InChI=1S/C10H18F2O3/c1-2-15-9(14)10(11,12)7-5-3-4-6-8-13/h13H,2-8H2,1H3. The maximum atomic E-state index is 13.0. The zero-order valence-corrected chi connectivity index (χ0v) is 8.97. The van der Waals surface area contributed by atoms with Crippen molar-refractivity contribution in [3.63, 3.8) is 0 Å². The zero-order chi connectivity index (χ0) is 11.7. The number of rotatable bonds is 8. The molecule has 0 aromatic carbocycles. The molecule has 0 aromatic rings. The van der Waals surface area contributed by atoms with Crippen LogP contribution < -0.4 is 0 Å². The fourth-order valence-corrected chi connectivity index (χ4v) is 1.15. The maximum absolute atomic E-state index is 13.0. The number of aliphatic hydroxyl groups excluding tert-OH is 1. The molecule has 0 aliphatic carbocycles. The van der Waals surface area contributed by atoms with Gasteiger partial charge >= 0.3 is 11.9 Å². The summed E-state index contributed by atoms with van der Waals surface area (Å²) < 4.78 is 30.2. The lowest BCUT2D eigenvalue weighted by Gasteiger charge is -2.13. The first kappa shape index (κ1) is 14.3. The van der Waals surface area contributed by atoms with Crippen molar-refractivity contribution in [3.05, 3.63) is 0 Å². The first-order chi connectivity index (χ1) is 7.04. The highest BCUT2D eigenvalue weighted by atomic mass is 19.3. The van der Waals surface area contributed by atoms with Gasteiger partial charge in [-0.15, -0.1) is 0 Å². The van der Waals surface area contributed by atoms with Gasteiger partial charge in [0, 0.05) is 13.0 Å². The summed E-state index contributed by atoms with van der Waals surface area (Å²) in [6.45, 7) is 1.54. The van der Waals surface area contributed by atoms with Crippen LogP contribution in [-0.4, -0.2) is 30.2 Å². The van der Waals surface area contributed by atoms with E-state index in [1.807, 2.05) is 0 Å². The van der Waals surface area contributed by atoms with Crippen molar-refractivity contribution in [3.8, 4) is 0 Å². The molecule has 5 heteroatoms. The van der Waals surface area contributed by atoms with Gasteiger partial charge in [0.2, 0.25) is 0 Å². The van der Waals surface area contributed by atoms with E-state index < -0.39 is 18.3 Å². The second kappa shape index (κ2) is 7.56. The minimum atomic E-state index is -3.37. The number of alkyl halides is 2. The summed E-state index contributed by atoms with van der Waals surface area (Å²) in [6.07, 6.45) is 1.71. The number of hydrogen-bond donors (Lipinski definition) is 1. The lowest BCUT2D eigenvalue weighted by atomic mass is 10.1. The quantitative estimate of drug-likeness (QED) is 0.507. The average molecular weight is 224 g/mol. The van der Waals surface area contributed by atoms with Gasteiger partial charge in [-0.25, -0.2) is 4.79 Å². The fourth-order valence-electron chi connectivity index (χ4n) is 1.15. The number of ether oxygens (including phenoxy) is 1. The Balaban J connectivity index is 3.68. The molecule has 0 rings (SSSR count). The second-order valence-corrected chi connectivity index (χ2v) is 3.31. The Morgan fingerprint density at radius 3 is 2.40 bits per heavy atom. The first-order valence-corrected chi connectivity index (χ1v) is 5.20. The van der Waals surface area contributed by atoms with Gasteiger partial charge in [0.15, 0.2) is 0 Å². The number of carbonyl (C=O) groups excluding carboxylic acids is 1. The Kier molecular flexibility index (Phi) is 7.21. The van der Waals surface area contributed by atoms with Crippen molar-refractivity contribution in [2.24, 2.45) is 0 Å². The van der Waals surface area contributed by atoms with Crippen LogP contribution in [0.5, 0.6) is 0 Å². The van der Waals surface area contributed by atoms with Crippen molar-refractivity contribution in [1.82, 2.24) is 0 Å². The summed E-state index contributed by atoms with van der Waals surface area (Å²) in [5.74, 6) is -4.80. The Morgan fingerprint density at radius 1 is 1.27 bits per heavy atom. The molecule has 0 spiro atoms. The highest BCUT2D eigenvalue weighted by Gasteiger charge is 2.39. The van der Waals surface area contributed by atoms with Crippen LogP contribution in [0, 0.1) is 0 Å². The van der Waals surface area contributed by atoms with Gasteiger partial charge in [0.25, 0.3) is 0 Å². The van der Waals surface area contributed by atoms with E-state index in [0.29, 0.717) is 19.3 Å². The normalized spacial score (nSPS) is 11.5. The van der Waals surface area contributed by atoms with Gasteiger partial charge in [-0.1, -0.05) is 12.8 Å². The van der Waals surface area contributed by atoms with Crippen LogP contribution in [-0.2, 0) is 9.53 Å². The molecule has 0 radical (unpaired) electrons. The third-order valence-corrected chi connectivity index (χ3v) is 1.97. The summed E-state index contributed by atoms with van der Waals surface area (Å²) in [5, 5.41) is 8.46. The molecule has 0 aliphatic heterocycles. The minimum Gasteiger partial charge on any atom is -0.462 e. The number of carbonyl (C=O) groups is 1. The van der Waals surface area contributed by atoms with Gasteiger partial charge in [-0.05, 0) is 19.8 Å². The molecule has 0 aromatic heterocycles. The molecule has 0 saturated heterocycles. The smallest absolute Gasteiger partial charge is 0.376 e. The third-order valence-electron chi connectivity index (χ3n) is 1.97. The van der Waals surface area contributed by atoms with Crippen molar-refractivity contribution in [1.29, 1.82) is 0 Å². The molecule has 0 bridgehead atoms. The summed E-state index contributed by atoms with van der Waals surface area (Å²) >= 11 is 0. The molecule has 1 N–H and O–H groups in total. The summed E-state index contributed by atoms with van der Waals surface area (Å²) in [7, 11) is 0. The van der Waals surface area contributed by atoms with Crippen molar-refractivity contribution in [2.75, 3.05) is 13.2 Å². The van der Waals surface area contributed by atoms with E-state index in [1.54, 1.807) is 0 Å². The molecule has 0 fully saturated rings.